The summed E-state index contributed by atoms with van der Waals surface area (Å²) in [6.07, 6.45) is 1.74. The van der Waals surface area contributed by atoms with Gasteiger partial charge in [0.15, 0.2) is 0 Å². The minimum atomic E-state index is 0.568. The van der Waals surface area contributed by atoms with E-state index in [4.69, 9.17) is 4.74 Å². The summed E-state index contributed by atoms with van der Waals surface area (Å²) in [5.74, 6) is 2.19. The number of aryl methyl sites for hydroxylation is 1. The van der Waals surface area contributed by atoms with Crippen molar-refractivity contribution in [3.63, 3.8) is 0 Å². The summed E-state index contributed by atoms with van der Waals surface area (Å²) >= 11 is 0. The van der Waals surface area contributed by atoms with Gasteiger partial charge in [-0.3, -0.25) is 0 Å². The molecular weight excluding hydrogens is 312 g/mol. The molecule has 2 N–H and O–H groups in total. The number of ether oxygens (including phenoxy) is 1. The number of benzene rings is 2. The fourth-order valence-electron chi connectivity index (χ4n) is 2.56. The normalized spacial score (nSPS) is 10.4. The van der Waals surface area contributed by atoms with Crippen molar-refractivity contribution >= 4 is 17.5 Å². The quantitative estimate of drug-likeness (QED) is 0.697. The van der Waals surface area contributed by atoms with Crippen LogP contribution in [-0.4, -0.2) is 17.1 Å². The van der Waals surface area contributed by atoms with Gasteiger partial charge in [-0.15, -0.1) is 0 Å². The maximum atomic E-state index is 5.38. The first-order valence-electron chi connectivity index (χ1n) is 8.19. The second-order valence-electron chi connectivity index (χ2n) is 5.80. The number of hydrogen-bond acceptors (Lipinski definition) is 5. The number of nitrogens with one attached hydrogen (secondary N) is 2. The second kappa shape index (κ2) is 7.66. The van der Waals surface area contributed by atoms with Gasteiger partial charge in [0.1, 0.15) is 11.6 Å². The van der Waals surface area contributed by atoms with Gasteiger partial charge >= 0.3 is 0 Å². The van der Waals surface area contributed by atoms with Crippen LogP contribution in [0.15, 0.2) is 54.7 Å². The lowest BCUT2D eigenvalue weighted by Crippen LogP contribution is -2.05. The van der Waals surface area contributed by atoms with Crippen molar-refractivity contribution in [3.8, 4) is 5.75 Å². The molecule has 0 atom stereocenters. The molecule has 0 amide bonds. The average Bonchev–Trinajstić information content (AvgIpc) is 2.64. The molecule has 25 heavy (non-hydrogen) atoms. The highest BCUT2D eigenvalue weighted by atomic mass is 16.5. The Morgan fingerprint density at radius 3 is 2.68 bits per heavy atom. The number of methoxy groups -OCH3 is 1. The van der Waals surface area contributed by atoms with E-state index in [-0.39, 0.29) is 0 Å². The van der Waals surface area contributed by atoms with Crippen LogP contribution in [0, 0.1) is 13.8 Å². The van der Waals surface area contributed by atoms with E-state index in [1.807, 2.05) is 42.5 Å². The smallest absolute Gasteiger partial charge is 0.229 e. The van der Waals surface area contributed by atoms with Gasteiger partial charge in [-0.05, 0) is 43.2 Å². The fourth-order valence-corrected chi connectivity index (χ4v) is 2.56. The second-order valence-corrected chi connectivity index (χ2v) is 5.80. The predicted molar refractivity (Wildman–Crippen MR) is 102 cm³/mol. The average molecular weight is 334 g/mol. The first kappa shape index (κ1) is 16.8. The molecule has 0 spiro atoms. The topological polar surface area (TPSA) is 59.1 Å². The van der Waals surface area contributed by atoms with Gasteiger partial charge in [-0.1, -0.05) is 30.3 Å². The standard InChI is InChI=1S/C20H22N4O/c1-14-7-6-9-17(15(14)2)23-20-21-12-11-19(24-20)22-13-16-8-4-5-10-18(16)25-3/h4-12H,13H2,1-3H3,(H2,21,22,23,24). The fraction of sp³-hybridized carbons (Fsp3) is 0.200. The summed E-state index contributed by atoms with van der Waals surface area (Å²) in [4.78, 5) is 8.84. The van der Waals surface area contributed by atoms with Gasteiger partial charge in [0.2, 0.25) is 5.95 Å². The van der Waals surface area contributed by atoms with Gasteiger partial charge in [-0.2, -0.15) is 4.98 Å². The van der Waals surface area contributed by atoms with Crippen LogP contribution in [0.5, 0.6) is 5.75 Å². The number of rotatable bonds is 6. The van der Waals surface area contributed by atoms with E-state index in [1.165, 1.54) is 11.1 Å². The third kappa shape index (κ3) is 4.07. The van der Waals surface area contributed by atoms with E-state index in [0.29, 0.717) is 12.5 Å². The summed E-state index contributed by atoms with van der Waals surface area (Å²) < 4.78 is 5.38. The van der Waals surface area contributed by atoms with E-state index in [2.05, 4.69) is 40.5 Å². The molecule has 0 aliphatic carbocycles. The number of nitrogens with zero attached hydrogens (tertiary/aromatic N) is 2. The predicted octanol–water partition coefficient (Wildman–Crippen LogP) is 4.46. The monoisotopic (exact) mass is 334 g/mol. The lowest BCUT2D eigenvalue weighted by atomic mass is 10.1. The van der Waals surface area contributed by atoms with Crippen LogP contribution in [0.3, 0.4) is 0 Å². The lowest BCUT2D eigenvalue weighted by Gasteiger charge is -2.12. The van der Waals surface area contributed by atoms with Gasteiger partial charge in [0.25, 0.3) is 0 Å². The van der Waals surface area contributed by atoms with E-state index in [0.717, 1.165) is 22.8 Å². The first-order valence-corrected chi connectivity index (χ1v) is 8.19. The Kier molecular flexibility index (Phi) is 5.14. The molecule has 3 aromatic rings. The highest BCUT2D eigenvalue weighted by Gasteiger charge is 2.05. The number of para-hydroxylation sites is 1. The third-order valence-electron chi connectivity index (χ3n) is 4.16. The zero-order valence-corrected chi connectivity index (χ0v) is 14.7. The van der Waals surface area contributed by atoms with Crippen molar-refractivity contribution in [2.24, 2.45) is 0 Å². The molecule has 128 valence electrons. The lowest BCUT2D eigenvalue weighted by molar-refractivity contribution is 0.410. The Labute approximate surface area is 148 Å². The van der Waals surface area contributed by atoms with Crippen LogP contribution in [-0.2, 0) is 6.54 Å². The first-order chi connectivity index (χ1) is 12.2. The molecule has 0 bridgehead atoms. The van der Waals surface area contributed by atoms with Crippen LogP contribution in [0.4, 0.5) is 17.5 Å². The molecule has 0 radical (unpaired) electrons. The van der Waals surface area contributed by atoms with Crippen LogP contribution < -0.4 is 15.4 Å². The molecule has 0 aliphatic rings. The van der Waals surface area contributed by atoms with Crippen molar-refractivity contribution in [1.29, 1.82) is 0 Å². The zero-order valence-electron chi connectivity index (χ0n) is 14.7. The van der Waals surface area contributed by atoms with E-state index >= 15 is 0 Å². The molecule has 0 unspecified atom stereocenters. The van der Waals surface area contributed by atoms with Crippen LogP contribution in [0.25, 0.3) is 0 Å². The molecule has 0 aliphatic heterocycles. The minimum Gasteiger partial charge on any atom is -0.496 e. The molecule has 1 heterocycles. The van der Waals surface area contributed by atoms with Crippen molar-refractivity contribution in [2.75, 3.05) is 17.7 Å². The molecule has 0 saturated heterocycles. The Morgan fingerprint density at radius 1 is 1.00 bits per heavy atom. The molecule has 1 aromatic heterocycles. The van der Waals surface area contributed by atoms with Gasteiger partial charge < -0.3 is 15.4 Å². The van der Waals surface area contributed by atoms with Crippen molar-refractivity contribution in [1.82, 2.24) is 9.97 Å². The molecule has 0 saturated carbocycles. The van der Waals surface area contributed by atoms with Crippen LogP contribution in [0.1, 0.15) is 16.7 Å². The Balaban J connectivity index is 1.72. The van der Waals surface area contributed by atoms with Crippen LogP contribution >= 0.6 is 0 Å². The third-order valence-corrected chi connectivity index (χ3v) is 4.16. The number of hydrogen-bond donors (Lipinski definition) is 2. The Hall–Kier alpha value is -3.08. The summed E-state index contributed by atoms with van der Waals surface area (Å²) in [5, 5.41) is 6.60. The maximum absolute atomic E-state index is 5.38. The Bertz CT molecular complexity index is 864. The van der Waals surface area contributed by atoms with E-state index < -0.39 is 0 Å². The summed E-state index contributed by atoms with van der Waals surface area (Å²) in [6.45, 7) is 4.80. The maximum Gasteiger partial charge on any atom is 0.229 e. The zero-order chi connectivity index (χ0) is 17.6. The summed E-state index contributed by atoms with van der Waals surface area (Å²) in [5.41, 5.74) is 4.52. The number of anilines is 3. The Morgan fingerprint density at radius 2 is 1.84 bits per heavy atom. The molecule has 2 aromatic carbocycles. The summed E-state index contributed by atoms with van der Waals surface area (Å²) in [7, 11) is 1.68. The molecule has 0 fully saturated rings. The van der Waals surface area contributed by atoms with Gasteiger partial charge in [0, 0.05) is 24.0 Å². The number of aromatic nitrogens is 2. The van der Waals surface area contributed by atoms with Crippen molar-refractivity contribution in [3.05, 3.63) is 71.4 Å². The van der Waals surface area contributed by atoms with Crippen LogP contribution in [0.2, 0.25) is 0 Å². The van der Waals surface area contributed by atoms with Gasteiger partial charge in [-0.25, -0.2) is 4.98 Å². The highest BCUT2D eigenvalue weighted by molar-refractivity contribution is 5.60. The molecular formula is C20H22N4O. The summed E-state index contributed by atoms with van der Waals surface area (Å²) in [6, 6.07) is 15.9. The molecule has 5 heteroatoms. The molecule has 3 rings (SSSR count). The van der Waals surface area contributed by atoms with Crippen molar-refractivity contribution in [2.45, 2.75) is 20.4 Å². The van der Waals surface area contributed by atoms with Gasteiger partial charge in [0.05, 0.1) is 7.11 Å². The largest absolute Gasteiger partial charge is 0.496 e. The van der Waals surface area contributed by atoms with Crippen molar-refractivity contribution < 1.29 is 4.74 Å². The SMILES string of the molecule is COc1ccccc1CNc1ccnc(Nc2cccc(C)c2C)n1. The van der Waals surface area contributed by atoms with E-state index in [1.54, 1.807) is 13.3 Å². The minimum absolute atomic E-state index is 0.568. The highest BCUT2D eigenvalue weighted by Crippen LogP contribution is 2.22. The molecule has 5 nitrogen and oxygen atoms in total. The van der Waals surface area contributed by atoms with E-state index in [9.17, 15) is 0 Å².